The van der Waals surface area contributed by atoms with Gasteiger partial charge in [0.1, 0.15) is 0 Å². The predicted octanol–water partition coefficient (Wildman–Crippen LogP) is 0.808. The lowest BCUT2D eigenvalue weighted by Gasteiger charge is -2.27. The summed E-state index contributed by atoms with van der Waals surface area (Å²) >= 11 is 0. The highest BCUT2D eigenvalue weighted by molar-refractivity contribution is 6.67. The van der Waals surface area contributed by atoms with E-state index in [2.05, 4.69) is 6.92 Å². The molecule has 4 N–H and O–H groups in total. The maximum atomic E-state index is 5.89. The fourth-order valence-corrected chi connectivity index (χ4v) is 3.83. The largest absolute Gasteiger partial charge is 0.398 e. The van der Waals surface area contributed by atoms with Gasteiger partial charge in [0, 0.05) is 20.3 Å². The Morgan fingerprint density at radius 2 is 1.79 bits per heavy atom. The molecule has 0 rings (SSSR count). The zero-order valence-corrected chi connectivity index (χ0v) is 10.6. The van der Waals surface area contributed by atoms with Crippen LogP contribution in [0.15, 0.2) is 0 Å². The lowest BCUT2D eigenvalue weighted by Crippen LogP contribution is -2.40. The molecule has 14 heavy (non-hydrogen) atoms. The fraction of sp³-hybridized carbons (Fsp3) is 1.00. The molecule has 0 spiro atoms. The molecular formula is C9H24N2O2Si. The third-order valence-corrected chi connectivity index (χ3v) is 6.33. The summed E-state index contributed by atoms with van der Waals surface area (Å²) in [5.41, 5.74) is 11.3. The van der Waals surface area contributed by atoms with Gasteiger partial charge < -0.3 is 20.3 Å². The molecule has 5 heteroatoms. The third kappa shape index (κ3) is 4.52. The second-order valence-electron chi connectivity index (χ2n) is 3.55. The van der Waals surface area contributed by atoms with E-state index in [0.29, 0.717) is 6.54 Å². The van der Waals surface area contributed by atoms with Crippen LogP contribution in [0.3, 0.4) is 0 Å². The smallest absolute Gasteiger partial charge is 0.337 e. The van der Waals surface area contributed by atoms with Gasteiger partial charge in [0.05, 0.1) is 0 Å². The summed E-state index contributed by atoms with van der Waals surface area (Å²) in [4.78, 5) is 0. The second kappa shape index (κ2) is 7.36. The molecule has 0 amide bonds. The van der Waals surface area contributed by atoms with E-state index in [-0.39, 0.29) is 6.04 Å². The molecule has 0 heterocycles. The van der Waals surface area contributed by atoms with Crippen LogP contribution in [0.1, 0.15) is 19.8 Å². The molecule has 0 aliphatic rings. The molecule has 4 nitrogen and oxygen atoms in total. The lowest BCUT2D eigenvalue weighted by atomic mass is 10.2. The molecule has 0 radical (unpaired) electrons. The highest BCUT2D eigenvalue weighted by Crippen LogP contribution is 2.20. The zero-order chi connectivity index (χ0) is 11.0. The number of nitrogens with two attached hydrogens (primary N) is 2. The van der Waals surface area contributed by atoms with Crippen LogP contribution in [0.5, 0.6) is 0 Å². The zero-order valence-electron chi connectivity index (χ0n) is 9.58. The van der Waals surface area contributed by atoms with Crippen LogP contribution in [0, 0.1) is 0 Å². The average Bonchev–Trinajstić information content (AvgIpc) is 2.21. The molecule has 0 aromatic rings. The Labute approximate surface area is 88.2 Å². The predicted molar refractivity (Wildman–Crippen MR) is 61.3 cm³/mol. The molecule has 0 fully saturated rings. The summed E-state index contributed by atoms with van der Waals surface area (Å²) in [6.45, 7) is 2.76. The van der Waals surface area contributed by atoms with Gasteiger partial charge in [0.25, 0.3) is 0 Å². The van der Waals surface area contributed by atoms with Crippen LogP contribution in [-0.4, -0.2) is 35.4 Å². The van der Waals surface area contributed by atoms with Gasteiger partial charge in [-0.25, -0.2) is 0 Å². The van der Waals surface area contributed by atoms with E-state index >= 15 is 0 Å². The highest BCUT2D eigenvalue weighted by atomic mass is 28.4. The van der Waals surface area contributed by atoms with Crippen molar-refractivity contribution in [2.24, 2.45) is 11.5 Å². The number of hydrogen-bond acceptors (Lipinski definition) is 4. The van der Waals surface area contributed by atoms with Crippen molar-refractivity contribution < 1.29 is 8.85 Å². The van der Waals surface area contributed by atoms with Crippen LogP contribution in [0.2, 0.25) is 12.1 Å². The fourth-order valence-electron chi connectivity index (χ4n) is 1.52. The van der Waals surface area contributed by atoms with Crippen LogP contribution >= 0.6 is 0 Å². The van der Waals surface area contributed by atoms with E-state index in [1.54, 1.807) is 14.2 Å². The first-order chi connectivity index (χ1) is 6.64. The Hall–Kier alpha value is 0.0569. The van der Waals surface area contributed by atoms with Crippen molar-refractivity contribution in [3.63, 3.8) is 0 Å². The Morgan fingerprint density at radius 3 is 2.14 bits per heavy atom. The van der Waals surface area contributed by atoms with Gasteiger partial charge in [0.2, 0.25) is 0 Å². The molecule has 0 saturated heterocycles. The van der Waals surface area contributed by atoms with Gasteiger partial charge in [-0.2, -0.15) is 0 Å². The number of hydrogen-bond donors (Lipinski definition) is 2. The highest BCUT2D eigenvalue weighted by Gasteiger charge is 2.33. The van der Waals surface area contributed by atoms with E-state index in [1.165, 1.54) is 0 Å². The van der Waals surface area contributed by atoms with Crippen LogP contribution in [0.4, 0.5) is 0 Å². The van der Waals surface area contributed by atoms with Crippen LogP contribution in [-0.2, 0) is 8.85 Å². The summed E-state index contributed by atoms with van der Waals surface area (Å²) in [5, 5.41) is 0. The summed E-state index contributed by atoms with van der Waals surface area (Å²) in [5.74, 6) is 0. The summed E-state index contributed by atoms with van der Waals surface area (Å²) in [6, 6.07) is 2.11. The van der Waals surface area contributed by atoms with E-state index in [0.717, 1.165) is 24.9 Å². The molecule has 0 aliphatic heterocycles. The first-order valence-electron chi connectivity index (χ1n) is 5.20. The molecule has 86 valence electrons. The van der Waals surface area contributed by atoms with Gasteiger partial charge in [-0.15, -0.1) is 0 Å². The van der Waals surface area contributed by atoms with E-state index in [1.807, 2.05) is 0 Å². The molecule has 0 aliphatic carbocycles. The molecular weight excluding hydrogens is 196 g/mol. The Kier molecular flexibility index (Phi) is 7.39. The van der Waals surface area contributed by atoms with Crippen molar-refractivity contribution in [3.05, 3.63) is 0 Å². The van der Waals surface area contributed by atoms with Crippen molar-refractivity contribution in [2.45, 2.75) is 37.9 Å². The lowest BCUT2D eigenvalue weighted by molar-refractivity contribution is 0.240. The molecule has 0 aromatic heterocycles. The first-order valence-corrected chi connectivity index (χ1v) is 7.43. The van der Waals surface area contributed by atoms with Crippen molar-refractivity contribution in [1.82, 2.24) is 0 Å². The SMILES string of the molecule is CC[Si](CCC(N)CCN)(OC)OC. The van der Waals surface area contributed by atoms with Gasteiger partial charge in [-0.05, 0) is 31.5 Å². The standard InChI is InChI=1S/C9H24N2O2Si/c1-4-14(12-2,13-3)8-6-9(11)5-7-10/h9H,4-8,10-11H2,1-3H3. The van der Waals surface area contributed by atoms with Gasteiger partial charge >= 0.3 is 8.56 Å². The maximum Gasteiger partial charge on any atom is 0.337 e. The van der Waals surface area contributed by atoms with Crippen LogP contribution < -0.4 is 11.5 Å². The Balaban J connectivity index is 3.92. The Bertz CT molecular complexity index is 135. The summed E-state index contributed by atoms with van der Waals surface area (Å²) in [6.07, 6.45) is 1.82. The average molecular weight is 220 g/mol. The quantitative estimate of drug-likeness (QED) is 0.594. The molecule has 0 saturated carbocycles. The minimum absolute atomic E-state index is 0.184. The van der Waals surface area contributed by atoms with E-state index < -0.39 is 8.56 Å². The van der Waals surface area contributed by atoms with Gasteiger partial charge in [-0.1, -0.05) is 6.92 Å². The first kappa shape index (κ1) is 14.1. The van der Waals surface area contributed by atoms with E-state index in [4.69, 9.17) is 20.3 Å². The second-order valence-corrected chi connectivity index (χ2v) is 7.39. The summed E-state index contributed by atoms with van der Waals surface area (Å²) in [7, 11) is 1.53. The molecule has 1 atom stereocenters. The van der Waals surface area contributed by atoms with E-state index in [9.17, 15) is 0 Å². The minimum Gasteiger partial charge on any atom is -0.398 e. The van der Waals surface area contributed by atoms with Crippen molar-refractivity contribution in [3.8, 4) is 0 Å². The van der Waals surface area contributed by atoms with Crippen molar-refractivity contribution in [1.29, 1.82) is 0 Å². The van der Waals surface area contributed by atoms with Crippen LogP contribution in [0.25, 0.3) is 0 Å². The monoisotopic (exact) mass is 220 g/mol. The molecule has 0 aromatic carbocycles. The van der Waals surface area contributed by atoms with Gasteiger partial charge in [-0.3, -0.25) is 0 Å². The molecule has 1 unspecified atom stereocenters. The Morgan fingerprint density at radius 1 is 1.21 bits per heavy atom. The normalized spacial score (nSPS) is 14.4. The topological polar surface area (TPSA) is 70.5 Å². The van der Waals surface area contributed by atoms with Crippen molar-refractivity contribution >= 4 is 8.56 Å². The molecule has 0 bridgehead atoms. The van der Waals surface area contributed by atoms with Gasteiger partial charge in [0.15, 0.2) is 0 Å². The summed E-state index contributed by atoms with van der Waals surface area (Å²) < 4.78 is 11.0. The number of rotatable bonds is 8. The third-order valence-electron chi connectivity index (χ3n) is 2.72. The maximum absolute atomic E-state index is 5.89. The minimum atomic E-state index is -1.93. The van der Waals surface area contributed by atoms with Crippen molar-refractivity contribution in [2.75, 3.05) is 20.8 Å².